The highest BCUT2D eigenvalue weighted by Gasteiger charge is 2.17. The molecular formula is C23H32N2O. The first-order valence-electron chi connectivity index (χ1n) is 9.45. The van der Waals surface area contributed by atoms with E-state index in [1.807, 2.05) is 19.2 Å². The Kier molecular flexibility index (Phi) is 6.98. The maximum atomic E-state index is 12.7. The largest absolute Gasteiger partial charge is 0.324 e. The molecule has 0 heterocycles. The Morgan fingerprint density at radius 1 is 0.962 bits per heavy atom. The predicted octanol–water partition coefficient (Wildman–Crippen LogP) is 5.31. The Balaban J connectivity index is 2.11. The summed E-state index contributed by atoms with van der Waals surface area (Å²) in [5.74, 6) is 0.776. The smallest absolute Gasteiger partial charge is 0.238 e. The molecular weight excluding hydrogens is 320 g/mol. The summed E-state index contributed by atoms with van der Waals surface area (Å²) in [7, 11) is 1.99. The van der Waals surface area contributed by atoms with Crippen molar-refractivity contribution in [2.24, 2.45) is 0 Å². The molecule has 0 unspecified atom stereocenters. The van der Waals surface area contributed by atoms with Gasteiger partial charge >= 0.3 is 0 Å². The van der Waals surface area contributed by atoms with Crippen LogP contribution in [0.3, 0.4) is 0 Å². The van der Waals surface area contributed by atoms with Crippen LogP contribution in [0.25, 0.3) is 0 Å². The molecule has 3 heteroatoms. The van der Waals surface area contributed by atoms with Crippen molar-refractivity contribution < 1.29 is 4.79 Å². The third-order valence-corrected chi connectivity index (χ3v) is 4.75. The number of rotatable bonds is 7. The highest BCUT2D eigenvalue weighted by atomic mass is 16.2. The fourth-order valence-electron chi connectivity index (χ4n) is 3.25. The van der Waals surface area contributed by atoms with Crippen molar-refractivity contribution in [2.45, 2.75) is 53.0 Å². The molecule has 2 aromatic carbocycles. The lowest BCUT2D eigenvalue weighted by Crippen LogP contribution is -2.30. The number of likely N-dealkylation sites (N-methyl/N-ethyl adjacent to an activating group) is 1. The minimum atomic E-state index is 0.0380. The second kappa shape index (κ2) is 9.00. The standard InChI is InChI=1S/C23H32N2O/c1-16(2)20-12-9-13-21(17(3)4)23(20)24-22(26)15-25(6)14-19-11-8-7-10-18(19)5/h7-13,16-17H,14-15H2,1-6H3,(H,24,26). The fourth-order valence-corrected chi connectivity index (χ4v) is 3.25. The van der Waals surface area contributed by atoms with E-state index in [0.717, 1.165) is 12.2 Å². The Labute approximate surface area is 158 Å². The van der Waals surface area contributed by atoms with Crippen LogP contribution in [0.15, 0.2) is 42.5 Å². The summed E-state index contributed by atoms with van der Waals surface area (Å²) in [6, 6.07) is 14.6. The maximum Gasteiger partial charge on any atom is 0.238 e. The van der Waals surface area contributed by atoms with E-state index < -0.39 is 0 Å². The highest BCUT2D eigenvalue weighted by Crippen LogP contribution is 2.32. The summed E-state index contributed by atoms with van der Waals surface area (Å²) < 4.78 is 0. The van der Waals surface area contributed by atoms with Crippen molar-refractivity contribution in [3.8, 4) is 0 Å². The van der Waals surface area contributed by atoms with Crippen molar-refractivity contribution >= 4 is 11.6 Å². The van der Waals surface area contributed by atoms with Gasteiger partial charge in [-0.2, -0.15) is 0 Å². The average molecular weight is 353 g/mol. The zero-order valence-electron chi connectivity index (χ0n) is 17.0. The van der Waals surface area contributed by atoms with Gasteiger partial charge in [-0.3, -0.25) is 9.69 Å². The molecule has 0 fully saturated rings. The molecule has 0 aliphatic rings. The predicted molar refractivity (Wildman–Crippen MR) is 111 cm³/mol. The van der Waals surface area contributed by atoms with E-state index in [9.17, 15) is 4.79 Å². The van der Waals surface area contributed by atoms with Gasteiger partial charge in [-0.25, -0.2) is 0 Å². The van der Waals surface area contributed by atoms with Gasteiger partial charge in [0.2, 0.25) is 5.91 Å². The van der Waals surface area contributed by atoms with Crippen LogP contribution in [-0.2, 0) is 11.3 Å². The van der Waals surface area contributed by atoms with Gasteiger partial charge in [0.25, 0.3) is 0 Å². The molecule has 3 nitrogen and oxygen atoms in total. The van der Waals surface area contributed by atoms with Crippen LogP contribution in [0.4, 0.5) is 5.69 Å². The summed E-state index contributed by atoms with van der Waals surface area (Å²) >= 11 is 0. The molecule has 26 heavy (non-hydrogen) atoms. The molecule has 0 aliphatic carbocycles. The Bertz CT molecular complexity index is 723. The zero-order valence-corrected chi connectivity index (χ0v) is 17.0. The van der Waals surface area contributed by atoms with Crippen LogP contribution >= 0.6 is 0 Å². The fraction of sp³-hybridized carbons (Fsp3) is 0.435. The monoisotopic (exact) mass is 352 g/mol. The molecule has 0 bridgehead atoms. The third-order valence-electron chi connectivity index (χ3n) is 4.75. The third kappa shape index (κ3) is 5.18. The van der Waals surface area contributed by atoms with Gasteiger partial charge in [-0.05, 0) is 48.1 Å². The lowest BCUT2D eigenvalue weighted by Gasteiger charge is -2.22. The number of carbonyl (C=O) groups is 1. The van der Waals surface area contributed by atoms with E-state index >= 15 is 0 Å². The summed E-state index contributed by atoms with van der Waals surface area (Å²) in [4.78, 5) is 14.8. The van der Waals surface area contributed by atoms with Gasteiger partial charge in [0.1, 0.15) is 0 Å². The molecule has 1 amide bonds. The second-order valence-electron chi connectivity index (χ2n) is 7.77. The number of hydrogen-bond donors (Lipinski definition) is 1. The number of hydrogen-bond acceptors (Lipinski definition) is 2. The van der Waals surface area contributed by atoms with Gasteiger partial charge < -0.3 is 5.32 Å². The number of nitrogens with zero attached hydrogens (tertiary/aromatic N) is 1. The number of aryl methyl sites for hydroxylation is 1. The first-order chi connectivity index (χ1) is 12.3. The van der Waals surface area contributed by atoms with Crippen LogP contribution in [-0.4, -0.2) is 24.4 Å². The van der Waals surface area contributed by atoms with Gasteiger partial charge in [0.05, 0.1) is 6.54 Å². The first kappa shape index (κ1) is 20.2. The van der Waals surface area contributed by atoms with Crippen molar-refractivity contribution in [2.75, 3.05) is 18.9 Å². The van der Waals surface area contributed by atoms with E-state index in [2.05, 4.69) is 75.2 Å². The Morgan fingerprint density at radius 3 is 2.08 bits per heavy atom. The molecule has 1 N–H and O–H groups in total. The Hall–Kier alpha value is -2.13. The molecule has 2 rings (SSSR count). The van der Waals surface area contributed by atoms with E-state index in [1.165, 1.54) is 22.3 Å². The van der Waals surface area contributed by atoms with E-state index in [0.29, 0.717) is 18.4 Å². The van der Waals surface area contributed by atoms with Gasteiger partial charge in [0.15, 0.2) is 0 Å². The van der Waals surface area contributed by atoms with Gasteiger partial charge in [0, 0.05) is 12.2 Å². The lowest BCUT2D eigenvalue weighted by atomic mass is 9.92. The molecule has 0 saturated carbocycles. The molecule has 0 aliphatic heterocycles. The SMILES string of the molecule is Cc1ccccc1CN(C)CC(=O)Nc1c(C(C)C)cccc1C(C)C. The second-order valence-corrected chi connectivity index (χ2v) is 7.77. The van der Waals surface area contributed by atoms with Gasteiger partial charge in [-0.15, -0.1) is 0 Å². The van der Waals surface area contributed by atoms with E-state index in [1.54, 1.807) is 0 Å². The molecule has 0 saturated heterocycles. The quantitative estimate of drug-likeness (QED) is 0.732. The molecule has 0 spiro atoms. The minimum absolute atomic E-state index is 0.0380. The van der Waals surface area contributed by atoms with E-state index in [-0.39, 0.29) is 5.91 Å². The number of para-hydroxylation sites is 1. The lowest BCUT2D eigenvalue weighted by molar-refractivity contribution is -0.117. The van der Waals surface area contributed by atoms with Crippen LogP contribution in [0.2, 0.25) is 0 Å². The molecule has 0 atom stereocenters. The zero-order chi connectivity index (χ0) is 19.3. The number of benzene rings is 2. The normalized spacial score (nSPS) is 11.4. The average Bonchev–Trinajstić information content (AvgIpc) is 2.56. The number of nitrogens with one attached hydrogen (secondary N) is 1. The van der Waals surface area contributed by atoms with Crippen molar-refractivity contribution in [3.63, 3.8) is 0 Å². The summed E-state index contributed by atoms with van der Waals surface area (Å²) in [6.45, 7) is 11.9. The molecule has 2 aromatic rings. The van der Waals surface area contributed by atoms with Gasteiger partial charge in [-0.1, -0.05) is 70.2 Å². The first-order valence-corrected chi connectivity index (χ1v) is 9.45. The maximum absolute atomic E-state index is 12.7. The number of carbonyl (C=O) groups excluding carboxylic acids is 1. The number of amides is 1. The number of anilines is 1. The highest BCUT2D eigenvalue weighted by molar-refractivity contribution is 5.94. The molecule has 140 valence electrons. The summed E-state index contributed by atoms with van der Waals surface area (Å²) in [5.41, 5.74) is 5.91. The van der Waals surface area contributed by atoms with Crippen LogP contribution in [0.1, 0.15) is 61.8 Å². The topological polar surface area (TPSA) is 32.3 Å². The summed E-state index contributed by atoms with van der Waals surface area (Å²) in [5, 5.41) is 3.19. The van der Waals surface area contributed by atoms with Crippen LogP contribution in [0.5, 0.6) is 0 Å². The minimum Gasteiger partial charge on any atom is -0.324 e. The Morgan fingerprint density at radius 2 is 1.54 bits per heavy atom. The van der Waals surface area contributed by atoms with Crippen LogP contribution in [0, 0.1) is 6.92 Å². The summed E-state index contributed by atoms with van der Waals surface area (Å²) in [6.07, 6.45) is 0. The molecule has 0 aromatic heterocycles. The van der Waals surface area contributed by atoms with Crippen molar-refractivity contribution in [1.29, 1.82) is 0 Å². The van der Waals surface area contributed by atoms with E-state index in [4.69, 9.17) is 0 Å². The molecule has 0 radical (unpaired) electrons. The van der Waals surface area contributed by atoms with Crippen molar-refractivity contribution in [3.05, 3.63) is 64.7 Å². The van der Waals surface area contributed by atoms with Crippen LogP contribution < -0.4 is 5.32 Å². The van der Waals surface area contributed by atoms with Crippen molar-refractivity contribution in [1.82, 2.24) is 4.90 Å².